The van der Waals surface area contributed by atoms with Gasteiger partial charge < -0.3 is 14.8 Å². The fourth-order valence-electron chi connectivity index (χ4n) is 3.57. The summed E-state index contributed by atoms with van der Waals surface area (Å²) in [6.45, 7) is 2.40. The molecule has 0 bridgehead atoms. The van der Waals surface area contributed by atoms with Crippen LogP contribution in [0.25, 0.3) is 0 Å². The highest BCUT2D eigenvalue weighted by Crippen LogP contribution is 2.42. The number of esters is 1. The Morgan fingerprint density at radius 1 is 1.31 bits per heavy atom. The summed E-state index contributed by atoms with van der Waals surface area (Å²) < 4.78 is 11.4. The van der Waals surface area contributed by atoms with Crippen LogP contribution in [0.5, 0.6) is 0 Å². The van der Waals surface area contributed by atoms with Crippen molar-refractivity contribution in [3.05, 3.63) is 55.9 Å². The van der Waals surface area contributed by atoms with Gasteiger partial charge >= 0.3 is 5.97 Å². The number of hydrogen-bond acceptors (Lipinski definition) is 5. The first kappa shape index (κ1) is 19.1. The van der Waals surface area contributed by atoms with Crippen LogP contribution in [0.4, 0.5) is 0 Å². The predicted octanol–water partition coefficient (Wildman–Crippen LogP) is 3.45. The van der Waals surface area contributed by atoms with Crippen LogP contribution in [0.3, 0.4) is 0 Å². The third-order valence-corrected chi connectivity index (χ3v) is 5.37. The molecule has 26 heavy (non-hydrogen) atoms. The largest absolute Gasteiger partial charge is 0.460 e. The third-order valence-electron chi connectivity index (χ3n) is 4.70. The molecule has 1 aliphatic carbocycles. The zero-order valence-electron chi connectivity index (χ0n) is 14.9. The third kappa shape index (κ3) is 3.86. The average molecular weight is 467 g/mol. The minimum atomic E-state index is -0.402. The second kappa shape index (κ2) is 8.35. The van der Waals surface area contributed by atoms with Crippen molar-refractivity contribution < 1.29 is 19.1 Å². The summed E-state index contributed by atoms with van der Waals surface area (Å²) >= 11 is 2.25. The molecular formula is C20H22INO4. The lowest BCUT2D eigenvalue weighted by Gasteiger charge is -2.34. The van der Waals surface area contributed by atoms with Crippen LogP contribution < -0.4 is 5.32 Å². The number of carbonyl (C=O) groups excluding carboxylic acids is 2. The fourth-order valence-corrected chi connectivity index (χ4v) is 4.14. The number of hydrogen-bond donors (Lipinski definition) is 1. The summed E-state index contributed by atoms with van der Waals surface area (Å²) in [5.41, 5.74) is 3.86. The van der Waals surface area contributed by atoms with E-state index in [0.717, 1.165) is 33.4 Å². The molecule has 2 aliphatic rings. The zero-order chi connectivity index (χ0) is 18.7. The van der Waals surface area contributed by atoms with Crippen molar-refractivity contribution in [2.24, 2.45) is 0 Å². The van der Waals surface area contributed by atoms with Gasteiger partial charge in [-0.15, -0.1) is 0 Å². The van der Waals surface area contributed by atoms with Gasteiger partial charge in [0.05, 0.1) is 12.2 Å². The molecule has 6 heteroatoms. The molecule has 0 spiro atoms. The second-order valence-electron chi connectivity index (χ2n) is 6.45. The summed E-state index contributed by atoms with van der Waals surface area (Å²) in [7, 11) is 1.56. The van der Waals surface area contributed by atoms with Crippen LogP contribution in [0, 0.1) is 3.57 Å². The van der Waals surface area contributed by atoms with E-state index in [9.17, 15) is 9.59 Å². The summed E-state index contributed by atoms with van der Waals surface area (Å²) in [6.07, 6.45) is 2.18. The molecular weight excluding hydrogens is 445 g/mol. The normalized spacial score (nSPS) is 20.0. The standard InChI is InChI=1S/C20H22INO4/c1-12-17(20(24)26-10-9-25-2)18(13-5-3-6-14(21)11-13)19-15(22-12)7-4-8-16(19)23/h3,5-6,11,18,22H,4,7-10H2,1-2H3/t18-/m0/s1. The van der Waals surface area contributed by atoms with E-state index in [2.05, 4.69) is 27.9 Å². The van der Waals surface area contributed by atoms with Crippen LogP contribution in [0.1, 0.15) is 37.7 Å². The molecule has 0 saturated carbocycles. The molecule has 1 atom stereocenters. The number of halogens is 1. The highest BCUT2D eigenvalue weighted by Gasteiger charge is 2.39. The number of benzene rings is 1. The lowest BCUT2D eigenvalue weighted by molar-refractivity contribution is -0.140. The number of ether oxygens (including phenoxy) is 2. The highest BCUT2D eigenvalue weighted by atomic mass is 127. The maximum atomic E-state index is 12.8. The molecule has 138 valence electrons. The molecule has 0 amide bonds. The van der Waals surface area contributed by atoms with Crippen LogP contribution in [0.2, 0.25) is 0 Å². The number of rotatable bonds is 5. The number of carbonyl (C=O) groups is 2. The van der Waals surface area contributed by atoms with Gasteiger partial charge in [-0.1, -0.05) is 12.1 Å². The molecule has 1 aliphatic heterocycles. The van der Waals surface area contributed by atoms with Gasteiger partial charge in [-0.25, -0.2) is 4.79 Å². The fraction of sp³-hybridized carbons (Fsp3) is 0.400. The van der Waals surface area contributed by atoms with E-state index >= 15 is 0 Å². The number of methoxy groups -OCH3 is 1. The molecule has 0 fully saturated rings. The van der Waals surface area contributed by atoms with E-state index in [-0.39, 0.29) is 18.3 Å². The lowest BCUT2D eigenvalue weighted by atomic mass is 9.75. The quantitative estimate of drug-likeness (QED) is 0.409. The Morgan fingerprint density at radius 3 is 2.85 bits per heavy atom. The summed E-state index contributed by atoms with van der Waals surface area (Å²) in [5.74, 6) is -0.679. The van der Waals surface area contributed by atoms with Gasteiger partial charge in [-0.2, -0.15) is 0 Å². The Morgan fingerprint density at radius 2 is 2.12 bits per heavy atom. The summed E-state index contributed by atoms with van der Waals surface area (Å²) in [6, 6.07) is 7.95. The molecule has 1 aromatic carbocycles. The first-order chi connectivity index (χ1) is 12.5. The Balaban J connectivity index is 2.06. The van der Waals surface area contributed by atoms with Crippen molar-refractivity contribution in [1.82, 2.24) is 5.32 Å². The first-order valence-electron chi connectivity index (χ1n) is 8.68. The van der Waals surface area contributed by atoms with E-state index in [0.29, 0.717) is 24.2 Å². The molecule has 1 aromatic rings. The molecule has 0 radical (unpaired) electrons. The predicted molar refractivity (Wildman–Crippen MR) is 106 cm³/mol. The molecule has 1 N–H and O–H groups in total. The molecule has 0 saturated heterocycles. The Kier molecular flexibility index (Phi) is 6.13. The zero-order valence-corrected chi connectivity index (χ0v) is 17.1. The smallest absolute Gasteiger partial charge is 0.336 e. The van der Waals surface area contributed by atoms with Gasteiger partial charge in [-0.3, -0.25) is 4.79 Å². The average Bonchev–Trinajstić information content (AvgIpc) is 2.61. The van der Waals surface area contributed by atoms with Crippen LogP contribution in [-0.2, 0) is 19.1 Å². The Labute approximate surface area is 167 Å². The van der Waals surface area contributed by atoms with Crippen molar-refractivity contribution in [2.75, 3.05) is 20.3 Å². The Bertz CT molecular complexity index is 797. The van der Waals surface area contributed by atoms with E-state index in [1.54, 1.807) is 7.11 Å². The van der Waals surface area contributed by atoms with E-state index in [1.165, 1.54) is 0 Å². The van der Waals surface area contributed by atoms with Crippen molar-refractivity contribution in [3.63, 3.8) is 0 Å². The van der Waals surface area contributed by atoms with Crippen molar-refractivity contribution in [2.45, 2.75) is 32.1 Å². The van der Waals surface area contributed by atoms with Gasteiger partial charge in [0.2, 0.25) is 0 Å². The maximum absolute atomic E-state index is 12.8. The van der Waals surface area contributed by atoms with E-state index in [4.69, 9.17) is 9.47 Å². The van der Waals surface area contributed by atoms with Gasteiger partial charge in [0.25, 0.3) is 0 Å². The number of dihydropyridines is 1. The molecule has 0 aromatic heterocycles. The van der Waals surface area contributed by atoms with Gasteiger partial charge in [0, 0.05) is 40.0 Å². The molecule has 1 heterocycles. The van der Waals surface area contributed by atoms with Crippen LogP contribution >= 0.6 is 22.6 Å². The Hall–Kier alpha value is -1.67. The number of ketones is 1. The number of allylic oxidation sites excluding steroid dienone is 3. The van der Waals surface area contributed by atoms with E-state index in [1.807, 2.05) is 31.2 Å². The van der Waals surface area contributed by atoms with Gasteiger partial charge in [0.1, 0.15) is 6.61 Å². The van der Waals surface area contributed by atoms with Crippen LogP contribution in [-0.4, -0.2) is 32.1 Å². The monoisotopic (exact) mass is 467 g/mol. The molecule has 0 unspecified atom stereocenters. The van der Waals surface area contributed by atoms with Crippen molar-refractivity contribution in [1.29, 1.82) is 0 Å². The SMILES string of the molecule is COCCOC(=O)C1=C(C)NC2=C(C(=O)CCC2)[C@H]1c1cccc(I)c1. The number of Topliss-reactive ketones (excluding diaryl/α,β-unsaturated/α-hetero) is 1. The topological polar surface area (TPSA) is 64.6 Å². The van der Waals surface area contributed by atoms with Gasteiger partial charge in [-0.05, 0) is 60.1 Å². The molecule has 3 rings (SSSR count). The minimum Gasteiger partial charge on any atom is -0.460 e. The van der Waals surface area contributed by atoms with Crippen LogP contribution in [0.15, 0.2) is 46.8 Å². The minimum absolute atomic E-state index is 0.109. The second-order valence-corrected chi connectivity index (χ2v) is 7.70. The highest BCUT2D eigenvalue weighted by molar-refractivity contribution is 14.1. The number of nitrogens with one attached hydrogen (secondary N) is 1. The van der Waals surface area contributed by atoms with Gasteiger partial charge in [0.15, 0.2) is 5.78 Å². The van der Waals surface area contributed by atoms with E-state index < -0.39 is 5.97 Å². The lowest BCUT2D eigenvalue weighted by Crippen LogP contribution is -2.34. The molecule has 5 nitrogen and oxygen atoms in total. The summed E-state index contributed by atoms with van der Waals surface area (Å²) in [4.78, 5) is 25.6. The summed E-state index contributed by atoms with van der Waals surface area (Å²) in [5, 5.41) is 3.29. The first-order valence-corrected chi connectivity index (χ1v) is 9.76. The maximum Gasteiger partial charge on any atom is 0.336 e. The van der Waals surface area contributed by atoms with Crippen molar-refractivity contribution >= 4 is 34.3 Å². The van der Waals surface area contributed by atoms with Crippen molar-refractivity contribution in [3.8, 4) is 0 Å².